The first-order valence-corrected chi connectivity index (χ1v) is 12.8. The van der Waals surface area contributed by atoms with Crippen LogP contribution in [0.1, 0.15) is 35.4 Å². The van der Waals surface area contributed by atoms with E-state index < -0.39 is 0 Å². The number of carbonyl (C=O) groups excluding carboxylic acids is 1. The average molecular weight is 465 g/mol. The Hall–Kier alpha value is -2.64. The van der Waals surface area contributed by atoms with Crippen molar-refractivity contribution in [2.45, 2.75) is 39.0 Å². The molecule has 174 valence electrons. The van der Waals surface area contributed by atoms with Crippen LogP contribution < -0.4 is 5.32 Å². The monoisotopic (exact) mass is 464 g/mol. The van der Waals surface area contributed by atoms with E-state index in [0.29, 0.717) is 24.8 Å². The quantitative estimate of drug-likeness (QED) is 0.466. The number of nitrogens with one attached hydrogen (secondary N) is 1. The van der Waals surface area contributed by atoms with Crippen LogP contribution in [0.5, 0.6) is 0 Å². The molecule has 1 aliphatic heterocycles. The summed E-state index contributed by atoms with van der Waals surface area (Å²) in [5.74, 6) is 3.27. The first kappa shape index (κ1) is 23.5. The zero-order chi connectivity index (χ0) is 23.0. The second-order valence-corrected chi connectivity index (χ2v) is 9.89. The highest BCUT2D eigenvalue weighted by molar-refractivity contribution is 7.98. The first-order chi connectivity index (χ1) is 16.1. The molecule has 0 bridgehead atoms. The molecule has 0 spiro atoms. The molecule has 1 N–H and O–H groups in total. The molecule has 0 radical (unpaired) electrons. The van der Waals surface area contributed by atoms with E-state index in [0.717, 1.165) is 43.0 Å². The fourth-order valence-corrected chi connectivity index (χ4v) is 4.83. The zero-order valence-corrected chi connectivity index (χ0v) is 20.2. The van der Waals surface area contributed by atoms with E-state index >= 15 is 0 Å². The zero-order valence-electron chi connectivity index (χ0n) is 19.4. The van der Waals surface area contributed by atoms with Crippen LogP contribution in [0, 0.1) is 19.8 Å². The van der Waals surface area contributed by atoms with Crippen LogP contribution in [0.4, 0.5) is 0 Å². The number of nitrogens with zero attached hydrogens (tertiary/aromatic N) is 3. The van der Waals surface area contributed by atoms with Crippen LogP contribution in [0.15, 0.2) is 53.1 Å². The van der Waals surface area contributed by atoms with E-state index in [2.05, 4.69) is 58.5 Å². The predicted molar refractivity (Wildman–Crippen MR) is 133 cm³/mol. The van der Waals surface area contributed by atoms with Gasteiger partial charge in [-0.1, -0.05) is 64.8 Å². The topological polar surface area (TPSA) is 71.3 Å². The molecule has 33 heavy (non-hydrogen) atoms. The van der Waals surface area contributed by atoms with Crippen molar-refractivity contribution in [2.75, 3.05) is 25.4 Å². The molecule has 1 amide bonds. The molecule has 0 saturated carbocycles. The summed E-state index contributed by atoms with van der Waals surface area (Å²) in [5.41, 5.74) is 4.76. The minimum atomic E-state index is 0.0142. The van der Waals surface area contributed by atoms with E-state index in [-0.39, 0.29) is 11.8 Å². The summed E-state index contributed by atoms with van der Waals surface area (Å²) in [6.45, 7) is 7.11. The van der Waals surface area contributed by atoms with Gasteiger partial charge in [-0.05, 0) is 38.8 Å². The molecule has 1 aromatic heterocycles. The van der Waals surface area contributed by atoms with E-state index in [4.69, 9.17) is 4.52 Å². The normalized spacial score (nSPS) is 16.6. The number of aryl methyl sites for hydroxylation is 2. The lowest BCUT2D eigenvalue weighted by Gasteiger charge is -2.30. The molecular weight excluding hydrogens is 432 g/mol. The molecule has 1 unspecified atom stereocenters. The number of piperidine rings is 1. The van der Waals surface area contributed by atoms with Gasteiger partial charge >= 0.3 is 0 Å². The molecule has 1 atom stereocenters. The molecule has 3 aromatic rings. The van der Waals surface area contributed by atoms with Gasteiger partial charge in [0.2, 0.25) is 17.6 Å². The highest BCUT2D eigenvalue weighted by Gasteiger charge is 2.26. The SMILES string of the molecule is Cc1ccc(CSCCNC(=O)C2CCCN(Cc3nc(-c4ccc(C)cc4)no3)C2)cc1. The van der Waals surface area contributed by atoms with Crippen LogP contribution in [0.25, 0.3) is 11.4 Å². The fourth-order valence-electron chi connectivity index (χ4n) is 4.01. The molecule has 1 aliphatic rings. The molecule has 0 aliphatic carbocycles. The molecule has 2 heterocycles. The van der Waals surface area contributed by atoms with Crippen molar-refractivity contribution < 1.29 is 9.32 Å². The van der Waals surface area contributed by atoms with Crippen LogP contribution in [0.2, 0.25) is 0 Å². The summed E-state index contributed by atoms with van der Waals surface area (Å²) in [4.78, 5) is 19.5. The summed E-state index contributed by atoms with van der Waals surface area (Å²) in [5, 5.41) is 7.25. The lowest BCUT2D eigenvalue weighted by molar-refractivity contribution is -0.126. The predicted octanol–water partition coefficient (Wildman–Crippen LogP) is 4.62. The fraction of sp³-hybridized carbons (Fsp3) is 0.423. The van der Waals surface area contributed by atoms with Crippen LogP contribution in [-0.4, -0.2) is 46.3 Å². The Morgan fingerprint density at radius 3 is 2.61 bits per heavy atom. The molecule has 2 aromatic carbocycles. The summed E-state index contributed by atoms with van der Waals surface area (Å²) < 4.78 is 5.48. The maximum Gasteiger partial charge on any atom is 0.241 e. The number of carbonyl (C=O) groups is 1. The maximum absolute atomic E-state index is 12.7. The number of hydrogen-bond acceptors (Lipinski definition) is 6. The van der Waals surface area contributed by atoms with E-state index in [1.807, 2.05) is 36.0 Å². The standard InChI is InChI=1S/C26H32N4O2S/c1-19-5-9-21(10-6-19)18-33-15-13-27-26(31)23-4-3-14-30(16-23)17-24-28-25(29-32-24)22-11-7-20(2)8-12-22/h5-12,23H,3-4,13-18H2,1-2H3,(H,27,31). The van der Waals surface area contributed by atoms with Crippen molar-refractivity contribution >= 4 is 17.7 Å². The van der Waals surface area contributed by atoms with Gasteiger partial charge in [0.1, 0.15) is 0 Å². The number of rotatable bonds is 9. The van der Waals surface area contributed by atoms with Crippen LogP contribution in [0.3, 0.4) is 0 Å². The Kier molecular flexibility index (Phi) is 8.18. The molecule has 7 heteroatoms. The Labute approximate surface area is 200 Å². The summed E-state index contributed by atoms with van der Waals surface area (Å²) in [6, 6.07) is 16.7. The van der Waals surface area contributed by atoms with Crippen molar-refractivity contribution in [3.8, 4) is 11.4 Å². The highest BCUT2D eigenvalue weighted by atomic mass is 32.2. The Bertz CT molecular complexity index is 1030. The Balaban J connectivity index is 1.19. The minimum Gasteiger partial charge on any atom is -0.355 e. The Morgan fingerprint density at radius 1 is 1.12 bits per heavy atom. The number of hydrogen-bond donors (Lipinski definition) is 1. The second-order valence-electron chi connectivity index (χ2n) is 8.78. The average Bonchev–Trinajstić information content (AvgIpc) is 3.29. The van der Waals surface area contributed by atoms with Gasteiger partial charge in [0.15, 0.2) is 0 Å². The minimum absolute atomic E-state index is 0.0142. The third kappa shape index (κ3) is 6.92. The van der Waals surface area contributed by atoms with Gasteiger partial charge in [0, 0.05) is 30.2 Å². The number of amides is 1. The van der Waals surface area contributed by atoms with Gasteiger partial charge in [0.25, 0.3) is 0 Å². The van der Waals surface area contributed by atoms with Crippen LogP contribution >= 0.6 is 11.8 Å². The van der Waals surface area contributed by atoms with Crippen molar-refractivity contribution in [2.24, 2.45) is 5.92 Å². The number of thioether (sulfide) groups is 1. The first-order valence-electron chi connectivity index (χ1n) is 11.6. The summed E-state index contributed by atoms with van der Waals surface area (Å²) >= 11 is 1.85. The molecule has 1 fully saturated rings. The van der Waals surface area contributed by atoms with Gasteiger partial charge in [-0.3, -0.25) is 9.69 Å². The second kappa shape index (κ2) is 11.5. The van der Waals surface area contributed by atoms with Gasteiger partial charge < -0.3 is 9.84 Å². The van der Waals surface area contributed by atoms with E-state index in [1.165, 1.54) is 16.7 Å². The summed E-state index contributed by atoms with van der Waals surface area (Å²) in [6.07, 6.45) is 1.93. The number of benzene rings is 2. The van der Waals surface area contributed by atoms with E-state index in [9.17, 15) is 4.79 Å². The van der Waals surface area contributed by atoms with Crippen molar-refractivity contribution in [3.05, 3.63) is 71.1 Å². The molecule has 6 nitrogen and oxygen atoms in total. The third-order valence-electron chi connectivity index (χ3n) is 5.95. The van der Waals surface area contributed by atoms with Crippen molar-refractivity contribution in [1.82, 2.24) is 20.4 Å². The summed E-state index contributed by atoms with van der Waals surface area (Å²) in [7, 11) is 0. The molecular formula is C26H32N4O2S. The number of likely N-dealkylation sites (tertiary alicyclic amines) is 1. The third-order valence-corrected chi connectivity index (χ3v) is 6.98. The van der Waals surface area contributed by atoms with Crippen molar-refractivity contribution in [1.29, 1.82) is 0 Å². The largest absolute Gasteiger partial charge is 0.355 e. The van der Waals surface area contributed by atoms with E-state index in [1.54, 1.807) is 0 Å². The van der Waals surface area contributed by atoms with Gasteiger partial charge in [-0.25, -0.2) is 0 Å². The smallest absolute Gasteiger partial charge is 0.241 e. The van der Waals surface area contributed by atoms with Crippen LogP contribution in [-0.2, 0) is 17.1 Å². The van der Waals surface area contributed by atoms with Gasteiger partial charge in [-0.2, -0.15) is 16.7 Å². The van der Waals surface area contributed by atoms with Crippen molar-refractivity contribution in [3.63, 3.8) is 0 Å². The van der Waals surface area contributed by atoms with Gasteiger partial charge in [-0.15, -0.1) is 0 Å². The lowest BCUT2D eigenvalue weighted by atomic mass is 9.97. The van der Waals surface area contributed by atoms with Gasteiger partial charge in [0.05, 0.1) is 12.5 Å². The number of aromatic nitrogens is 2. The highest BCUT2D eigenvalue weighted by Crippen LogP contribution is 2.21. The molecule has 4 rings (SSSR count). The molecule has 1 saturated heterocycles. The Morgan fingerprint density at radius 2 is 1.85 bits per heavy atom. The maximum atomic E-state index is 12.7. The lowest BCUT2D eigenvalue weighted by Crippen LogP contribution is -2.43.